The Bertz CT molecular complexity index is 235. The van der Waals surface area contributed by atoms with Crippen molar-refractivity contribution in [3.05, 3.63) is 21.9 Å². The van der Waals surface area contributed by atoms with Crippen molar-refractivity contribution >= 4 is 28.4 Å². The average Bonchev–Trinajstić information content (AvgIpc) is 1.85. The molecule has 1 aromatic rings. The van der Waals surface area contributed by atoms with Crippen molar-refractivity contribution in [3.8, 4) is 0 Å². The molecule has 2 nitrogen and oxygen atoms in total. The maximum Gasteiger partial charge on any atom is 0.127 e. The Labute approximate surface area is 80.6 Å². The number of hydrogen-bond acceptors (Lipinski definition) is 2. The van der Waals surface area contributed by atoms with Gasteiger partial charge < -0.3 is 5.32 Å². The summed E-state index contributed by atoms with van der Waals surface area (Å²) in [6.07, 6.45) is 1.81. The minimum atomic E-state index is 0.445. The maximum absolute atomic E-state index is 4.16. The third-order valence-corrected chi connectivity index (χ3v) is 1.83. The van der Waals surface area contributed by atoms with E-state index in [-0.39, 0.29) is 0 Å². The molecule has 11 heavy (non-hydrogen) atoms. The van der Waals surface area contributed by atoms with Gasteiger partial charge in [0.15, 0.2) is 0 Å². The van der Waals surface area contributed by atoms with Crippen LogP contribution in [0.15, 0.2) is 18.3 Å². The first-order chi connectivity index (χ1) is 5.18. The standard InChI is InChI=1S/C8H11IN2/c1-6(2)11-8-5-7(9)3-4-10-8/h3-6H,1-2H3,(H,10,11). The summed E-state index contributed by atoms with van der Waals surface area (Å²) < 4.78 is 1.21. The highest BCUT2D eigenvalue weighted by Gasteiger charge is 1.95. The van der Waals surface area contributed by atoms with Crippen LogP contribution in [0.3, 0.4) is 0 Å². The van der Waals surface area contributed by atoms with Crippen molar-refractivity contribution in [2.24, 2.45) is 0 Å². The van der Waals surface area contributed by atoms with Gasteiger partial charge in [0.1, 0.15) is 5.82 Å². The summed E-state index contributed by atoms with van der Waals surface area (Å²) in [6, 6.07) is 4.45. The Balaban J connectivity index is 2.71. The third kappa shape index (κ3) is 3.05. The van der Waals surface area contributed by atoms with E-state index < -0.39 is 0 Å². The molecule has 1 rings (SSSR count). The number of nitrogens with one attached hydrogen (secondary N) is 1. The molecule has 0 aliphatic carbocycles. The van der Waals surface area contributed by atoms with Crippen LogP contribution in [-0.4, -0.2) is 11.0 Å². The second-order valence-corrected chi connectivity index (χ2v) is 3.90. The highest BCUT2D eigenvalue weighted by atomic mass is 127. The van der Waals surface area contributed by atoms with Gasteiger partial charge in [-0.1, -0.05) is 0 Å². The molecule has 0 saturated carbocycles. The van der Waals surface area contributed by atoms with Crippen molar-refractivity contribution in [3.63, 3.8) is 0 Å². The summed E-state index contributed by atoms with van der Waals surface area (Å²) in [4.78, 5) is 4.16. The van der Waals surface area contributed by atoms with Crippen LogP contribution < -0.4 is 5.32 Å². The van der Waals surface area contributed by atoms with Gasteiger partial charge in [-0.2, -0.15) is 0 Å². The Morgan fingerprint density at radius 3 is 2.82 bits per heavy atom. The summed E-state index contributed by atoms with van der Waals surface area (Å²) in [6.45, 7) is 4.20. The van der Waals surface area contributed by atoms with E-state index in [1.165, 1.54) is 3.57 Å². The third-order valence-electron chi connectivity index (χ3n) is 1.16. The molecule has 0 radical (unpaired) electrons. The summed E-state index contributed by atoms with van der Waals surface area (Å²) in [5.74, 6) is 0.951. The molecule has 0 aromatic carbocycles. The Morgan fingerprint density at radius 1 is 1.55 bits per heavy atom. The molecule has 0 spiro atoms. The smallest absolute Gasteiger partial charge is 0.127 e. The fourth-order valence-corrected chi connectivity index (χ4v) is 1.24. The van der Waals surface area contributed by atoms with E-state index in [4.69, 9.17) is 0 Å². The Morgan fingerprint density at radius 2 is 2.27 bits per heavy atom. The van der Waals surface area contributed by atoms with Crippen molar-refractivity contribution in [2.45, 2.75) is 19.9 Å². The molecule has 0 bridgehead atoms. The van der Waals surface area contributed by atoms with Crippen LogP contribution in [0.2, 0.25) is 0 Å². The van der Waals surface area contributed by atoms with Crippen LogP contribution in [0.5, 0.6) is 0 Å². The summed E-state index contributed by atoms with van der Waals surface area (Å²) in [7, 11) is 0. The molecule has 1 heterocycles. The number of nitrogens with zero attached hydrogens (tertiary/aromatic N) is 1. The fourth-order valence-electron chi connectivity index (χ4n) is 0.779. The van der Waals surface area contributed by atoms with Gasteiger partial charge in [0.25, 0.3) is 0 Å². The molecular formula is C8H11IN2. The van der Waals surface area contributed by atoms with E-state index in [9.17, 15) is 0 Å². The average molecular weight is 262 g/mol. The first-order valence-electron chi connectivity index (χ1n) is 3.56. The van der Waals surface area contributed by atoms with Crippen LogP contribution in [0, 0.1) is 3.57 Å². The van der Waals surface area contributed by atoms with E-state index in [2.05, 4.69) is 46.7 Å². The number of pyridine rings is 1. The fraction of sp³-hybridized carbons (Fsp3) is 0.375. The lowest BCUT2D eigenvalue weighted by Gasteiger charge is -2.07. The Hall–Kier alpha value is -0.320. The molecule has 0 aliphatic heterocycles. The molecule has 60 valence electrons. The van der Waals surface area contributed by atoms with Gasteiger partial charge >= 0.3 is 0 Å². The summed E-state index contributed by atoms with van der Waals surface area (Å²) >= 11 is 2.27. The lowest BCUT2D eigenvalue weighted by Crippen LogP contribution is -2.10. The van der Waals surface area contributed by atoms with Gasteiger partial charge in [-0.3, -0.25) is 0 Å². The van der Waals surface area contributed by atoms with Gasteiger partial charge in [0.05, 0.1) is 0 Å². The summed E-state index contributed by atoms with van der Waals surface area (Å²) in [5, 5.41) is 3.23. The lowest BCUT2D eigenvalue weighted by molar-refractivity contribution is 0.889. The molecule has 0 aliphatic rings. The van der Waals surface area contributed by atoms with Crippen molar-refractivity contribution < 1.29 is 0 Å². The van der Waals surface area contributed by atoms with Crippen LogP contribution >= 0.6 is 22.6 Å². The predicted octanol–water partition coefficient (Wildman–Crippen LogP) is 2.51. The molecule has 0 fully saturated rings. The van der Waals surface area contributed by atoms with E-state index in [0.717, 1.165) is 5.82 Å². The monoisotopic (exact) mass is 262 g/mol. The maximum atomic E-state index is 4.16. The van der Waals surface area contributed by atoms with Gasteiger partial charge in [-0.05, 0) is 48.6 Å². The molecule has 0 saturated heterocycles. The minimum Gasteiger partial charge on any atom is -0.368 e. The van der Waals surface area contributed by atoms with Gasteiger partial charge in [-0.25, -0.2) is 4.98 Å². The highest BCUT2D eigenvalue weighted by Crippen LogP contribution is 2.09. The molecule has 0 atom stereocenters. The number of halogens is 1. The molecule has 1 N–H and O–H groups in total. The zero-order valence-corrected chi connectivity index (χ0v) is 8.79. The first-order valence-corrected chi connectivity index (χ1v) is 4.64. The van der Waals surface area contributed by atoms with Crippen molar-refractivity contribution in [1.29, 1.82) is 0 Å². The second kappa shape index (κ2) is 3.90. The zero-order valence-electron chi connectivity index (χ0n) is 6.63. The van der Waals surface area contributed by atoms with Crippen LogP contribution in [0.25, 0.3) is 0 Å². The molecular weight excluding hydrogens is 251 g/mol. The van der Waals surface area contributed by atoms with Crippen LogP contribution in [0.4, 0.5) is 5.82 Å². The van der Waals surface area contributed by atoms with Crippen LogP contribution in [-0.2, 0) is 0 Å². The molecule has 1 aromatic heterocycles. The largest absolute Gasteiger partial charge is 0.368 e. The number of anilines is 1. The minimum absolute atomic E-state index is 0.445. The van der Waals surface area contributed by atoms with E-state index in [0.29, 0.717) is 6.04 Å². The normalized spacial score (nSPS) is 10.2. The number of rotatable bonds is 2. The van der Waals surface area contributed by atoms with E-state index in [1.807, 2.05) is 18.3 Å². The van der Waals surface area contributed by atoms with Crippen LogP contribution in [0.1, 0.15) is 13.8 Å². The molecule has 0 amide bonds. The van der Waals surface area contributed by atoms with E-state index in [1.54, 1.807) is 0 Å². The molecule has 3 heteroatoms. The number of hydrogen-bond donors (Lipinski definition) is 1. The Kier molecular flexibility index (Phi) is 3.11. The van der Waals surface area contributed by atoms with Crippen molar-refractivity contribution in [2.75, 3.05) is 5.32 Å². The molecule has 0 unspecified atom stereocenters. The zero-order chi connectivity index (χ0) is 8.27. The van der Waals surface area contributed by atoms with Crippen molar-refractivity contribution in [1.82, 2.24) is 4.98 Å². The first kappa shape index (κ1) is 8.77. The lowest BCUT2D eigenvalue weighted by atomic mass is 10.4. The van der Waals surface area contributed by atoms with Gasteiger partial charge in [0.2, 0.25) is 0 Å². The van der Waals surface area contributed by atoms with Gasteiger partial charge in [0, 0.05) is 15.8 Å². The quantitative estimate of drug-likeness (QED) is 0.828. The highest BCUT2D eigenvalue weighted by molar-refractivity contribution is 14.1. The number of aromatic nitrogens is 1. The topological polar surface area (TPSA) is 24.9 Å². The van der Waals surface area contributed by atoms with Gasteiger partial charge in [-0.15, -0.1) is 0 Å². The predicted molar refractivity (Wildman–Crippen MR) is 55.7 cm³/mol. The SMILES string of the molecule is CC(C)Nc1cc(I)ccn1. The van der Waals surface area contributed by atoms with E-state index >= 15 is 0 Å². The second-order valence-electron chi connectivity index (χ2n) is 2.66. The summed E-state index contributed by atoms with van der Waals surface area (Å²) in [5.41, 5.74) is 0.